The van der Waals surface area contributed by atoms with Gasteiger partial charge in [-0.2, -0.15) is 0 Å². The SMILES string of the molecule is Cc1ccc(NC(=O)Cn2cnc3c(c(C)c(C)n3-c3ccccc3)c2=O)cc1Cl. The van der Waals surface area contributed by atoms with E-state index in [1.807, 2.05) is 61.7 Å². The molecule has 0 radical (unpaired) electrons. The first kappa shape index (κ1) is 19.9. The molecule has 7 heteroatoms. The van der Waals surface area contributed by atoms with Crippen LogP contribution in [-0.4, -0.2) is 20.0 Å². The highest BCUT2D eigenvalue weighted by Gasteiger charge is 2.18. The first-order valence-electron chi connectivity index (χ1n) is 9.55. The first-order chi connectivity index (χ1) is 14.4. The van der Waals surface area contributed by atoms with Crippen molar-refractivity contribution in [2.24, 2.45) is 0 Å². The Hall–Kier alpha value is -3.38. The van der Waals surface area contributed by atoms with Crippen molar-refractivity contribution in [3.05, 3.63) is 87.1 Å². The van der Waals surface area contributed by atoms with Gasteiger partial charge in [0.1, 0.15) is 12.9 Å². The zero-order valence-electron chi connectivity index (χ0n) is 16.9. The Balaban J connectivity index is 1.69. The second-order valence-corrected chi connectivity index (χ2v) is 7.68. The number of aryl methyl sites for hydroxylation is 2. The molecule has 0 spiro atoms. The fraction of sp³-hybridized carbons (Fsp3) is 0.174. The van der Waals surface area contributed by atoms with E-state index >= 15 is 0 Å². The normalized spacial score (nSPS) is 11.1. The fourth-order valence-corrected chi connectivity index (χ4v) is 3.70. The van der Waals surface area contributed by atoms with Crippen LogP contribution in [0.25, 0.3) is 16.7 Å². The minimum absolute atomic E-state index is 0.137. The van der Waals surface area contributed by atoms with Gasteiger partial charge < -0.3 is 5.32 Å². The molecule has 2 heterocycles. The smallest absolute Gasteiger partial charge is 0.263 e. The van der Waals surface area contributed by atoms with E-state index in [0.29, 0.717) is 21.7 Å². The van der Waals surface area contributed by atoms with Crippen molar-refractivity contribution in [1.29, 1.82) is 0 Å². The Kier molecular flexibility index (Phi) is 5.18. The Morgan fingerprint density at radius 2 is 1.83 bits per heavy atom. The summed E-state index contributed by atoms with van der Waals surface area (Å²) in [5.41, 5.74) is 4.58. The molecule has 4 rings (SSSR count). The number of rotatable bonds is 4. The second kappa shape index (κ2) is 7.80. The zero-order valence-corrected chi connectivity index (χ0v) is 17.7. The number of para-hydroxylation sites is 1. The number of nitrogens with zero attached hydrogens (tertiary/aromatic N) is 3. The lowest BCUT2D eigenvalue weighted by Crippen LogP contribution is -2.28. The number of hydrogen-bond acceptors (Lipinski definition) is 3. The zero-order chi connectivity index (χ0) is 21.4. The Morgan fingerprint density at radius 1 is 1.10 bits per heavy atom. The van der Waals surface area contributed by atoms with Crippen LogP contribution in [0.2, 0.25) is 5.02 Å². The quantitative estimate of drug-likeness (QED) is 0.531. The third-order valence-corrected chi connectivity index (χ3v) is 5.67. The van der Waals surface area contributed by atoms with Crippen LogP contribution >= 0.6 is 11.6 Å². The number of amides is 1. The van der Waals surface area contributed by atoms with Crippen LogP contribution in [0.1, 0.15) is 16.8 Å². The molecule has 0 aliphatic heterocycles. The van der Waals surface area contributed by atoms with Gasteiger partial charge in [0.25, 0.3) is 5.56 Å². The molecule has 0 unspecified atom stereocenters. The van der Waals surface area contributed by atoms with Crippen molar-refractivity contribution in [1.82, 2.24) is 14.1 Å². The van der Waals surface area contributed by atoms with Gasteiger partial charge in [-0.05, 0) is 56.2 Å². The van der Waals surface area contributed by atoms with E-state index in [1.54, 1.807) is 12.1 Å². The van der Waals surface area contributed by atoms with E-state index in [1.165, 1.54) is 10.9 Å². The molecule has 4 aromatic rings. The van der Waals surface area contributed by atoms with Crippen molar-refractivity contribution in [3.8, 4) is 5.69 Å². The first-order valence-corrected chi connectivity index (χ1v) is 9.93. The number of fused-ring (bicyclic) bond motifs is 1. The number of aromatic nitrogens is 3. The highest BCUT2D eigenvalue weighted by molar-refractivity contribution is 6.31. The number of carbonyl (C=O) groups is 1. The standard InChI is InChI=1S/C23H21ClN4O2/c1-14-9-10-17(11-19(14)24)26-20(29)12-27-13-25-22-21(23(27)30)15(2)16(3)28(22)18-7-5-4-6-8-18/h4-11,13H,12H2,1-3H3,(H,26,29). The Labute approximate surface area is 178 Å². The summed E-state index contributed by atoms with van der Waals surface area (Å²) in [5.74, 6) is -0.324. The van der Waals surface area contributed by atoms with Crippen LogP contribution in [0, 0.1) is 20.8 Å². The number of benzene rings is 2. The molecule has 0 aliphatic rings. The van der Waals surface area contributed by atoms with E-state index in [9.17, 15) is 9.59 Å². The monoisotopic (exact) mass is 420 g/mol. The molecule has 0 saturated heterocycles. The number of halogens is 1. The average Bonchev–Trinajstić information content (AvgIpc) is 2.98. The van der Waals surface area contributed by atoms with Crippen molar-refractivity contribution in [2.45, 2.75) is 27.3 Å². The third-order valence-electron chi connectivity index (χ3n) is 5.27. The molecule has 0 fully saturated rings. The molecule has 152 valence electrons. The summed E-state index contributed by atoms with van der Waals surface area (Å²) in [4.78, 5) is 30.2. The number of carbonyl (C=O) groups excluding carboxylic acids is 1. The molecule has 30 heavy (non-hydrogen) atoms. The Bertz CT molecular complexity index is 1320. The molecular formula is C23H21ClN4O2. The second-order valence-electron chi connectivity index (χ2n) is 7.27. The molecule has 0 atom stereocenters. The summed E-state index contributed by atoms with van der Waals surface area (Å²) in [6.07, 6.45) is 1.42. The van der Waals surface area contributed by atoms with Crippen LogP contribution in [0.5, 0.6) is 0 Å². The largest absolute Gasteiger partial charge is 0.324 e. The van der Waals surface area contributed by atoms with E-state index in [0.717, 1.165) is 22.5 Å². The molecule has 0 aliphatic carbocycles. The van der Waals surface area contributed by atoms with Crippen molar-refractivity contribution in [2.75, 3.05) is 5.32 Å². The number of anilines is 1. The summed E-state index contributed by atoms with van der Waals surface area (Å²) < 4.78 is 3.29. The van der Waals surface area contributed by atoms with Crippen molar-refractivity contribution in [3.63, 3.8) is 0 Å². The summed E-state index contributed by atoms with van der Waals surface area (Å²) in [6.45, 7) is 5.61. The minimum atomic E-state index is -0.324. The molecule has 2 aromatic heterocycles. The minimum Gasteiger partial charge on any atom is -0.324 e. The summed E-state index contributed by atoms with van der Waals surface area (Å²) in [5, 5.41) is 3.86. The van der Waals surface area contributed by atoms with Crippen LogP contribution in [0.3, 0.4) is 0 Å². The van der Waals surface area contributed by atoms with Gasteiger partial charge in [-0.25, -0.2) is 4.98 Å². The van der Waals surface area contributed by atoms with Gasteiger partial charge in [-0.15, -0.1) is 0 Å². The van der Waals surface area contributed by atoms with Crippen molar-refractivity contribution < 1.29 is 4.79 Å². The van der Waals surface area contributed by atoms with Gasteiger partial charge in [-0.1, -0.05) is 35.9 Å². The van der Waals surface area contributed by atoms with E-state index < -0.39 is 0 Å². The van der Waals surface area contributed by atoms with Crippen LogP contribution in [-0.2, 0) is 11.3 Å². The highest BCUT2D eigenvalue weighted by Crippen LogP contribution is 2.25. The molecule has 6 nitrogen and oxygen atoms in total. The van der Waals surface area contributed by atoms with Crippen LogP contribution in [0.15, 0.2) is 59.7 Å². The summed E-state index contributed by atoms with van der Waals surface area (Å²) in [7, 11) is 0. The highest BCUT2D eigenvalue weighted by atomic mass is 35.5. The van der Waals surface area contributed by atoms with Gasteiger partial charge in [0.2, 0.25) is 5.91 Å². The van der Waals surface area contributed by atoms with Crippen LogP contribution < -0.4 is 10.9 Å². The van der Waals surface area contributed by atoms with E-state index in [4.69, 9.17) is 11.6 Å². The number of nitrogens with one attached hydrogen (secondary N) is 1. The summed E-state index contributed by atoms with van der Waals surface area (Å²) in [6, 6.07) is 15.1. The summed E-state index contributed by atoms with van der Waals surface area (Å²) >= 11 is 6.11. The Morgan fingerprint density at radius 3 is 2.53 bits per heavy atom. The molecule has 1 amide bonds. The van der Waals surface area contributed by atoms with Gasteiger partial charge in [0, 0.05) is 22.1 Å². The molecule has 1 N–H and O–H groups in total. The van der Waals surface area contributed by atoms with Crippen LogP contribution in [0.4, 0.5) is 5.69 Å². The maximum absolute atomic E-state index is 13.1. The van der Waals surface area contributed by atoms with Crippen molar-refractivity contribution >= 4 is 34.2 Å². The van der Waals surface area contributed by atoms with E-state index in [2.05, 4.69) is 10.3 Å². The molecular weight excluding hydrogens is 400 g/mol. The predicted octanol–water partition coefficient (Wildman–Crippen LogP) is 4.40. The van der Waals surface area contributed by atoms with Gasteiger partial charge in [0.05, 0.1) is 5.39 Å². The lowest BCUT2D eigenvalue weighted by Gasteiger charge is -2.10. The lowest BCUT2D eigenvalue weighted by atomic mass is 10.2. The maximum Gasteiger partial charge on any atom is 0.263 e. The molecule has 2 aromatic carbocycles. The molecule has 0 bridgehead atoms. The number of hydrogen-bond donors (Lipinski definition) is 1. The maximum atomic E-state index is 13.1. The topological polar surface area (TPSA) is 68.9 Å². The van der Waals surface area contributed by atoms with Gasteiger partial charge in [-0.3, -0.25) is 18.7 Å². The third kappa shape index (κ3) is 3.50. The fourth-order valence-electron chi connectivity index (χ4n) is 3.52. The van der Waals surface area contributed by atoms with Gasteiger partial charge in [0.15, 0.2) is 5.65 Å². The van der Waals surface area contributed by atoms with E-state index in [-0.39, 0.29) is 18.0 Å². The lowest BCUT2D eigenvalue weighted by molar-refractivity contribution is -0.116. The predicted molar refractivity (Wildman–Crippen MR) is 120 cm³/mol. The average molecular weight is 421 g/mol. The molecule has 0 saturated carbocycles. The van der Waals surface area contributed by atoms with Gasteiger partial charge >= 0.3 is 0 Å².